The number of unbranched alkanes of at least 4 members (excludes halogenated alkanes) is 1. The van der Waals surface area contributed by atoms with Gasteiger partial charge in [0.25, 0.3) is 0 Å². The van der Waals surface area contributed by atoms with Crippen LogP contribution in [0.25, 0.3) is 0 Å². The van der Waals surface area contributed by atoms with E-state index in [0.717, 1.165) is 22.0 Å². The van der Waals surface area contributed by atoms with Crippen molar-refractivity contribution in [2.45, 2.75) is 44.1 Å². The van der Waals surface area contributed by atoms with E-state index in [-0.39, 0.29) is 0 Å². The molecule has 134 valence electrons. The van der Waals surface area contributed by atoms with Gasteiger partial charge in [-0.1, -0.05) is 33.1 Å². The fourth-order valence-corrected chi connectivity index (χ4v) is 7.88. The summed E-state index contributed by atoms with van der Waals surface area (Å²) in [6.45, 7) is 4.68. The summed E-state index contributed by atoms with van der Waals surface area (Å²) in [6.07, 6.45) is 5.45. The van der Waals surface area contributed by atoms with E-state index in [9.17, 15) is 0 Å². The van der Waals surface area contributed by atoms with E-state index in [1.165, 1.54) is 60.2 Å². The van der Waals surface area contributed by atoms with Gasteiger partial charge in [0, 0.05) is 34.5 Å². The second-order valence-electron chi connectivity index (χ2n) is 5.09. The van der Waals surface area contributed by atoms with E-state index in [4.69, 9.17) is 0 Å². The average Bonchev–Trinajstić information content (AvgIpc) is 2.54. The molecule has 0 radical (unpaired) electrons. The van der Waals surface area contributed by atoms with Gasteiger partial charge in [0.1, 0.15) is 0 Å². The van der Waals surface area contributed by atoms with E-state index in [2.05, 4.69) is 62.6 Å². The second-order valence-corrected chi connectivity index (χ2v) is 11.2. The molecule has 0 aliphatic heterocycles. The number of thioether (sulfide) groups is 4. The zero-order valence-corrected chi connectivity index (χ0v) is 19.2. The molecular formula is C16H34S6. The van der Waals surface area contributed by atoms with Crippen LogP contribution in [-0.4, -0.2) is 50.6 Å². The van der Waals surface area contributed by atoms with Crippen molar-refractivity contribution in [1.29, 1.82) is 0 Å². The molecule has 22 heavy (non-hydrogen) atoms. The normalized spacial score (nSPS) is 13.0. The molecule has 0 nitrogen and oxygen atoms in total. The van der Waals surface area contributed by atoms with E-state index in [1.807, 2.05) is 23.5 Å². The average molecular weight is 419 g/mol. The van der Waals surface area contributed by atoms with Crippen molar-refractivity contribution in [1.82, 2.24) is 0 Å². The number of rotatable bonds is 17. The van der Waals surface area contributed by atoms with Crippen LogP contribution in [-0.2, 0) is 0 Å². The third-order valence-electron chi connectivity index (χ3n) is 3.33. The van der Waals surface area contributed by atoms with Crippen molar-refractivity contribution in [3.63, 3.8) is 0 Å². The molecule has 0 saturated carbocycles. The summed E-state index contributed by atoms with van der Waals surface area (Å²) in [5.74, 6) is 10.4. The van der Waals surface area contributed by atoms with Gasteiger partial charge in [-0.3, -0.25) is 0 Å². The lowest BCUT2D eigenvalue weighted by Crippen LogP contribution is -2.15. The summed E-state index contributed by atoms with van der Waals surface area (Å²) in [6, 6.07) is 0. The van der Waals surface area contributed by atoms with Gasteiger partial charge in [-0.25, -0.2) is 0 Å². The quantitative estimate of drug-likeness (QED) is 0.161. The fraction of sp³-hybridized carbons (Fsp3) is 1.00. The first-order valence-corrected chi connectivity index (χ1v) is 14.1. The van der Waals surface area contributed by atoms with Crippen molar-refractivity contribution in [3.8, 4) is 0 Å². The van der Waals surface area contributed by atoms with Crippen molar-refractivity contribution in [2.24, 2.45) is 5.92 Å². The molecule has 0 rings (SSSR count). The van der Waals surface area contributed by atoms with E-state index < -0.39 is 0 Å². The van der Waals surface area contributed by atoms with Crippen LogP contribution in [0.15, 0.2) is 0 Å². The van der Waals surface area contributed by atoms with Gasteiger partial charge in [-0.2, -0.15) is 48.8 Å². The molecule has 0 bridgehead atoms. The maximum absolute atomic E-state index is 4.28. The van der Waals surface area contributed by atoms with Crippen LogP contribution in [0.2, 0.25) is 0 Å². The first-order valence-electron chi connectivity index (χ1n) is 8.40. The third kappa shape index (κ3) is 14.4. The maximum Gasteiger partial charge on any atom is 0.0531 e. The second kappa shape index (κ2) is 19.4. The van der Waals surface area contributed by atoms with Gasteiger partial charge < -0.3 is 0 Å². The molecule has 0 amide bonds. The Morgan fingerprint density at radius 3 is 1.73 bits per heavy atom. The molecule has 0 heterocycles. The molecule has 0 spiro atoms. The first-order chi connectivity index (χ1) is 10.8. The predicted octanol–water partition coefficient (Wildman–Crippen LogP) is 6.32. The van der Waals surface area contributed by atoms with Crippen molar-refractivity contribution >= 4 is 72.3 Å². The Balaban J connectivity index is 4.09. The Bertz CT molecular complexity index is 201. The Kier molecular flexibility index (Phi) is 21.3. The van der Waals surface area contributed by atoms with Gasteiger partial charge in [0.05, 0.1) is 4.58 Å². The van der Waals surface area contributed by atoms with Crippen LogP contribution in [0.1, 0.15) is 39.5 Å². The van der Waals surface area contributed by atoms with E-state index >= 15 is 0 Å². The Hall–Kier alpha value is 2.10. The zero-order valence-electron chi connectivity index (χ0n) is 14.2. The summed E-state index contributed by atoms with van der Waals surface area (Å²) in [4.78, 5) is 0. The number of hydrogen-bond donors (Lipinski definition) is 2. The monoisotopic (exact) mass is 418 g/mol. The smallest absolute Gasteiger partial charge is 0.0531 e. The number of thiol groups is 2. The highest BCUT2D eigenvalue weighted by atomic mass is 32.2. The van der Waals surface area contributed by atoms with Gasteiger partial charge in [-0.05, 0) is 23.8 Å². The van der Waals surface area contributed by atoms with Crippen molar-refractivity contribution in [3.05, 3.63) is 0 Å². The lowest BCUT2D eigenvalue weighted by Gasteiger charge is -2.25. The van der Waals surface area contributed by atoms with Crippen LogP contribution in [0.5, 0.6) is 0 Å². The summed E-state index contributed by atoms with van der Waals surface area (Å²) in [5, 5.41) is 0. The summed E-state index contributed by atoms with van der Waals surface area (Å²) < 4.78 is 0.796. The van der Waals surface area contributed by atoms with Crippen LogP contribution in [0.3, 0.4) is 0 Å². The van der Waals surface area contributed by atoms with Gasteiger partial charge in [-0.15, -0.1) is 23.5 Å². The highest BCUT2D eigenvalue weighted by Gasteiger charge is 2.20. The molecule has 6 heteroatoms. The molecular weight excluding hydrogens is 385 g/mol. The van der Waals surface area contributed by atoms with Crippen molar-refractivity contribution in [2.75, 3.05) is 46.0 Å². The molecule has 1 atom stereocenters. The highest BCUT2D eigenvalue weighted by Crippen LogP contribution is 2.36. The van der Waals surface area contributed by atoms with E-state index in [0.29, 0.717) is 0 Å². The van der Waals surface area contributed by atoms with Crippen LogP contribution in [0.4, 0.5) is 0 Å². The maximum atomic E-state index is 4.28. The molecule has 0 aromatic carbocycles. The minimum Gasteiger partial charge on any atom is -0.179 e. The Labute approximate surface area is 167 Å². The zero-order chi connectivity index (χ0) is 16.5. The Morgan fingerprint density at radius 2 is 1.32 bits per heavy atom. The molecule has 0 aliphatic rings. The topological polar surface area (TPSA) is 0 Å². The fourth-order valence-electron chi connectivity index (χ4n) is 2.10. The van der Waals surface area contributed by atoms with Crippen LogP contribution in [0, 0.1) is 5.92 Å². The lowest BCUT2D eigenvalue weighted by molar-refractivity contribution is 0.485. The minimum atomic E-state index is 0.796. The van der Waals surface area contributed by atoms with Crippen LogP contribution < -0.4 is 0 Å². The molecule has 1 unspecified atom stereocenters. The lowest BCUT2D eigenvalue weighted by atomic mass is 10.0. The molecule has 0 aromatic heterocycles. The largest absolute Gasteiger partial charge is 0.179 e. The number of hydrogen-bond acceptors (Lipinski definition) is 6. The van der Waals surface area contributed by atoms with Gasteiger partial charge in [0.2, 0.25) is 0 Å². The Morgan fingerprint density at radius 1 is 0.773 bits per heavy atom. The summed E-state index contributed by atoms with van der Waals surface area (Å²) >= 11 is 17.1. The third-order valence-corrected chi connectivity index (χ3v) is 9.99. The molecule has 0 N–H and O–H groups in total. The molecule has 0 aliphatic carbocycles. The van der Waals surface area contributed by atoms with Crippen LogP contribution >= 0.6 is 72.3 Å². The molecule has 0 aromatic rings. The van der Waals surface area contributed by atoms with Gasteiger partial charge >= 0.3 is 0 Å². The predicted molar refractivity (Wildman–Crippen MR) is 124 cm³/mol. The minimum absolute atomic E-state index is 0.796. The summed E-state index contributed by atoms with van der Waals surface area (Å²) in [7, 11) is 0. The SMILES string of the molecule is CCCCC(CC)C(SCCSCCS)SCCSCCS. The first kappa shape index (κ1) is 24.1. The highest BCUT2D eigenvalue weighted by molar-refractivity contribution is 8.17. The van der Waals surface area contributed by atoms with Gasteiger partial charge in [0.15, 0.2) is 0 Å². The van der Waals surface area contributed by atoms with Crippen molar-refractivity contribution < 1.29 is 0 Å². The standard InChI is InChI=1S/C16H34S6/c1-3-5-6-15(4-2)16(21-13-11-19-9-7-17)22-14-12-20-10-8-18/h15-18H,3-14H2,1-2H3. The molecule has 0 saturated heterocycles. The molecule has 0 fully saturated rings. The summed E-state index contributed by atoms with van der Waals surface area (Å²) in [5.41, 5.74) is 0. The van der Waals surface area contributed by atoms with E-state index in [1.54, 1.807) is 0 Å².